The number of aromatic nitrogens is 1. The molecule has 25 heavy (non-hydrogen) atoms. The molecule has 0 radical (unpaired) electrons. The number of amides is 1. The maximum Gasteiger partial charge on any atom is 0.254 e. The third kappa shape index (κ3) is 2.87. The van der Waals surface area contributed by atoms with E-state index in [0.29, 0.717) is 11.2 Å². The Bertz CT molecular complexity index is 1050. The number of carbonyl (C=O) groups is 1. The van der Waals surface area contributed by atoms with E-state index in [1.165, 1.54) is 24.4 Å². The Morgan fingerprint density at radius 1 is 1.20 bits per heavy atom. The van der Waals surface area contributed by atoms with E-state index in [-0.39, 0.29) is 22.6 Å². The normalized spacial score (nSPS) is 11.2. The van der Waals surface area contributed by atoms with Crippen LogP contribution in [-0.2, 0) is 0 Å². The van der Waals surface area contributed by atoms with Gasteiger partial charge in [-0.15, -0.1) is 0 Å². The lowest BCUT2D eigenvalue weighted by Gasteiger charge is -2.15. The van der Waals surface area contributed by atoms with Crippen molar-refractivity contribution in [2.45, 2.75) is 19.8 Å². The fraction of sp³-hybridized carbons (Fsp3) is 0.158. The number of carbonyl (C=O) groups excluding carboxylic acids is 1. The topological polar surface area (TPSA) is 85.3 Å². The molecule has 0 saturated carbocycles. The molecule has 0 aliphatic carbocycles. The van der Waals surface area contributed by atoms with Gasteiger partial charge in [-0.25, -0.2) is 4.39 Å². The van der Waals surface area contributed by atoms with Crippen molar-refractivity contribution in [3.05, 3.63) is 69.8 Å². The molecule has 0 aliphatic rings. The molecule has 0 spiro atoms. The van der Waals surface area contributed by atoms with Crippen LogP contribution in [0.5, 0.6) is 5.75 Å². The van der Waals surface area contributed by atoms with Crippen LogP contribution in [0.25, 0.3) is 16.6 Å². The summed E-state index contributed by atoms with van der Waals surface area (Å²) < 4.78 is 15.1. The molecule has 0 atom stereocenters. The van der Waals surface area contributed by atoms with Crippen molar-refractivity contribution in [2.75, 3.05) is 0 Å². The first-order valence-electron chi connectivity index (χ1n) is 7.77. The first-order chi connectivity index (χ1) is 11.8. The van der Waals surface area contributed by atoms with Gasteiger partial charge in [0, 0.05) is 23.3 Å². The van der Waals surface area contributed by atoms with Gasteiger partial charge >= 0.3 is 0 Å². The van der Waals surface area contributed by atoms with Crippen molar-refractivity contribution in [3.63, 3.8) is 0 Å². The van der Waals surface area contributed by atoms with Crippen molar-refractivity contribution < 1.29 is 14.3 Å². The molecule has 6 heteroatoms. The highest BCUT2D eigenvalue weighted by Gasteiger charge is 2.16. The molecule has 5 nitrogen and oxygen atoms in total. The summed E-state index contributed by atoms with van der Waals surface area (Å²) in [5, 5.41) is 10.3. The average Bonchev–Trinajstić information content (AvgIpc) is 2.54. The Morgan fingerprint density at radius 3 is 2.52 bits per heavy atom. The number of hydrogen-bond donors (Lipinski definition) is 2. The number of phenols is 1. The second-order valence-corrected chi connectivity index (χ2v) is 6.17. The number of hydrogen-bond acceptors (Lipinski definition) is 3. The van der Waals surface area contributed by atoms with Gasteiger partial charge in [0.25, 0.3) is 5.91 Å². The van der Waals surface area contributed by atoms with Crippen LogP contribution in [0, 0.1) is 5.82 Å². The van der Waals surface area contributed by atoms with Crippen molar-refractivity contribution in [3.8, 4) is 11.4 Å². The molecular weight excluding hydrogens is 323 g/mol. The average molecular weight is 340 g/mol. The SMILES string of the molecule is CC(C)c1ccc(-n2cc(C(N)=O)c(=O)c3cc(F)ccc32)cc1O. The van der Waals surface area contributed by atoms with Gasteiger partial charge in [-0.1, -0.05) is 19.9 Å². The number of rotatable bonds is 3. The van der Waals surface area contributed by atoms with Crippen molar-refractivity contribution >= 4 is 16.8 Å². The van der Waals surface area contributed by atoms with E-state index in [4.69, 9.17) is 5.73 Å². The molecule has 128 valence electrons. The molecule has 2 aromatic carbocycles. The van der Waals surface area contributed by atoms with Crippen LogP contribution >= 0.6 is 0 Å². The summed E-state index contributed by atoms with van der Waals surface area (Å²) >= 11 is 0. The monoisotopic (exact) mass is 340 g/mol. The van der Waals surface area contributed by atoms with E-state index in [0.717, 1.165) is 11.6 Å². The van der Waals surface area contributed by atoms with Crippen LogP contribution in [0.15, 0.2) is 47.4 Å². The first-order valence-corrected chi connectivity index (χ1v) is 7.77. The third-order valence-electron chi connectivity index (χ3n) is 4.15. The van der Waals surface area contributed by atoms with Gasteiger partial charge in [0.1, 0.15) is 17.1 Å². The zero-order valence-electron chi connectivity index (χ0n) is 13.8. The highest BCUT2D eigenvalue weighted by molar-refractivity contribution is 5.96. The van der Waals surface area contributed by atoms with Crippen molar-refractivity contribution in [2.24, 2.45) is 5.73 Å². The van der Waals surface area contributed by atoms with E-state index in [1.54, 1.807) is 16.7 Å². The van der Waals surface area contributed by atoms with Gasteiger partial charge in [-0.2, -0.15) is 0 Å². The minimum absolute atomic E-state index is 0.0451. The fourth-order valence-electron chi connectivity index (χ4n) is 2.86. The molecular formula is C19H17FN2O3. The predicted octanol–water partition coefficient (Wildman–Crippen LogP) is 3.06. The van der Waals surface area contributed by atoms with Crippen LogP contribution in [0.3, 0.4) is 0 Å². The number of benzene rings is 2. The van der Waals surface area contributed by atoms with Crippen molar-refractivity contribution in [1.29, 1.82) is 0 Å². The summed E-state index contributed by atoms with van der Waals surface area (Å²) in [6, 6.07) is 8.81. The number of fused-ring (bicyclic) bond motifs is 1. The lowest BCUT2D eigenvalue weighted by molar-refractivity contribution is 0.0999. The van der Waals surface area contributed by atoms with E-state index < -0.39 is 17.2 Å². The van der Waals surface area contributed by atoms with Gasteiger partial charge < -0.3 is 15.4 Å². The molecule has 1 aromatic heterocycles. The molecule has 0 fully saturated rings. The maximum absolute atomic E-state index is 13.6. The molecule has 0 aliphatic heterocycles. The first kappa shape index (κ1) is 16.7. The number of nitrogens with two attached hydrogens (primary N) is 1. The maximum atomic E-state index is 13.6. The largest absolute Gasteiger partial charge is 0.508 e. The molecule has 3 rings (SSSR count). The number of phenolic OH excluding ortho intramolecular Hbond substituents is 1. The van der Waals surface area contributed by atoms with Crippen LogP contribution in [0.2, 0.25) is 0 Å². The van der Waals surface area contributed by atoms with E-state index in [1.807, 2.05) is 13.8 Å². The Morgan fingerprint density at radius 2 is 1.92 bits per heavy atom. The van der Waals surface area contributed by atoms with E-state index >= 15 is 0 Å². The molecule has 3 aromatic rings. The van der Waals surface area contributed by atoms with Gasteiger partial charge in [-0.3, -0.25) is 9.59 Å². The predicted molar refractivity (Wildman–Crippen MR) is 93.8 cm³/mol. The standard InChI is InChI=1S/C19H17FN2O3/c1-10(2)13-5-4-12(8-17(13)23)22-9-15(19(21)25)18(24)14-7-11(20)3-6-16(14)22/h3-10,23H,1-2H3,(H2,21,25). The Hall–Kier alpha value is -3.15. The summed E-state index contributed by atoms with van der Waals surface area (Å²) in [6.07, 6.45) is 1.31. The van der Waals surface area contributed by atoms with Gasteiger partial charge in [0.05, 0.1) is 5.52 Å². The Kier molecular flexibility index (Phi) is 4.04. The van der Waals surface area contributed by atoms with Crippen LogP contribution in [0.4, 0.5) is 4.39 Å². The zero-order chi connectivity index (χ0) is 18.3. The lowest BCUT2D eigenvalue weighted by Crippen LogP contribution is -2.24. The summed E-state index contributed by atoms with van der Waals surface area (Å²) in [6.45, 7) is 3.91. The number of primary amides is 1. The second kappa shape index (κ2) is 6.05. The fourth-order valence-corrected chi connectivity index (χ4v) is 2.86. The zero-order valence-corrected chi connectivity index (χ0v) is 13.8. The molecule has 0 bridgehead atoms. The number of nitrogens with zero attached hydrogens (tertiary/aromatic N) is 1. The van der Waals surface area contributed by atoms with Gasteiger partial charge in [0.2, 0.25) is 5.43 Å². The van der Waals surface area contributed by atoms with Crippen LogP contribution in [-0.4, -0.2) is 15.6 Å². The quantitative estimate of drug-likeness (QED) is 0.768. The third-order valence-corrected chi connectivity index (χ3v) is 4.15. The van der Waals surface area contributed by atoms with Crippen molar-refractivity contribution in [1.82, 2.24) is 4.57 Å². The Labute approximate surface area is 143 Å². The molecule has 3 N–H and O–H groups in total. The number of pyridine rings is 1. The molecule has 0 unspecified atom stereocenters. The summed E-state index contributed by atoms with van der Waals surface area (Å²) in [4.78, 5) is 24.0. The van der Waals surface area contributed by atoms with Crippen LogP contribution < -0.4 is 11.2 Å². The van der Waals surface area contributed by atoms with E-state index in [2.05, 4.69) is 0 Å². The Balaban J connectivity index is 2.36. The molecule has 1 amide bonds. The summed E-state index contributed by atoms with van der Waals surface area (Å²) in [5.74, 6) is -1.25. The minimum Gasteiger partial charge on any atom is -0.508 e. The highest BCUT2D eigenvalue weighted by Crippen LogP contribution is 2.29. The summed E-state index contributed by atoms with van der Waals surface area (Å²) in [5.41, 5.74) is 6.13. The van der Waals surface area contributed by atoms with Crippen LogP contribution in [0.1, 0.15) is 35.7 Å². The highest BCUT2D eigenvalue weighted by atomic mass is 19.1. The number of aromatic hydroxyl groups is 1. The van der Waals surface area contributed by atoms with Gasteiger partial charge in [0.15, 0.2) is 0 Å². The minimum atomic E-state index is -0.895. The lowest BCUT2D eigenvalue weighted by atomic mass is 10.0. The second-order valence-electron chi connectivity index (χ2n) is 6.17. The number of halogens is 1. The summed E-state index contributed by atoms with van der Waals surface area (Å²) in [7, 11) is 0. The van der Waals surface area contributed by atoms with Gasteiger partial charge in [-0.05, 0) is 35.7 Å². The molecule has 0 saturated heterocycles. The smallest absolute Gasteiger partial charge is 0.254 e. The molecule has 1 heterocycles. The van der Waals surface area contributed by atoms with E-state index in [9.17, 15) is 19.1 Å².